The molecule has 0 saturated carbocycles. The summed E-state index contributed by atoms with van der Waals surface area (Å²) in [5, 5.41) is 4.66. The molecule has 0 aliphatic rings. The van der Waals surface area contributed by atoms with E-state index < -0.39 is 24.0 Å². The topological polar surface area (TPSA) is 84.5 Å². The molecule has 2 atom stereocenters. The summed E-state index contributed by atoms with van der Waals surface area (Å²) >= 11 is 0. The normalized spacial score (nSPS) is 13.1. The van der Waals surface area contributed by atoms with Crippen LogP contribution in [-0.4, -0.2) is 30.1 Å². The summed E-state index contributed by atoms with van der Waals surface area (Å²) < 4.78 is 5.08. The van der Waals surface area contributed by atoms with Gasteiger partial charge in [0.05, 0.1) is 6.42 Å². The van der Waals surface area contributed by atoms with E-state index in [1.807, 2.05) is 37.3 Å². The Morgan fingerprint density at radius 1 is 1.04 bits per heavy atom. The van der Waals surface area contributed by atoms with Crippen LogP contribution in [0.25, 0.3) is 0 Å². The van der Waals surface area contributed by atoms with Crippen molar-refractivity contribution in [2.24, 2.45) is 0 Å². The van der Waals surface area contributed by atoms with Crippen molar-refractivity contribution in [3.63, 3.8) is 0 Å². The Labute approximate surface area is 136 Å². The van der Waals surface area contributed by atoms with Gasteiger partial charge >= 0.3 is 12.0 Å². The molecule has 1 aromatic carbocycles. The van der Waals surface area contributed by atoms with Crippen molar-refractivity contribution < 1.29 is 19.1 Å². The first-order valence-corrected chi connectivity index (χ1v) is 7.65. The number of benzene rings is 1. The molecule has 23 heavy (non-hydrogen) atoms. The van der Waals surface area contributed by atoms with Crippen LogP contribution in [0, 0.1) is 0 Å². The van der Waals surface area contributed by atoms with Gasteiger partial charge < -0.3 is 10.1 Å². The molecule has 6 heteroatoms. The monoisotopic (exact) mass is 320 g/mol. The Kier molecular flexibility index (Phi) is 7.25. The lowest BCUT2D eigenvalue weighted by Crippen LogP contribution is -2.46. The molecule has 0 spiro atoms. The van der Waals surface area contributed by atoms with E-state index in [4.69, 9.17) is 4.74 Å². The lowest BCUT2D eigenvalue weighted by molar-refractivity contribution is -0.154. The predicted molar refractivity (Wildman–Crippen MR) is 86.8 cm³/mol. The van der Waals surface area contributed by atoms with Crippen LogP contribution < -0.4 is 10.6 Å². The molecule has 0 aliphatic heterocycles. The fraction of sp³-hybridized carbons (Fsp3) is 0.471. The number of imide groups is 1. The van der Waals surface area contributed by atoms with Crippen LogP contribution >= 0.6 is 0 Å². The number of hydrogen-bond acceptors (Lipinski definition) is 4. The van der Waals surface area contributed by atoms with Crippen LogP contribution in [0.1, 0.15) is 45.6 Å². The largest absolute Gasteiger partial charge is 0.453 e. The quantitative estimate of drug-likeness (QED) is 0.788. The molecule has 126 valence electrons. The fourth-order valence-corrected chi connectivity index (χ4v) is 1.96. The maximum atomic E-state index is 11.9. The van der Waals surface area contributed by atoms with Gasteiger partial charge in [0.25, 0.3) is 5.91 Å². The van der Waals surface area contributed by atoms with Gasteiger partial charge in [-0.05, 0) is 32.3 Å². The van der Waals surface area contributed by atoms with E-state index in [0.29, 0.717) is 0 Å². The van der Waals surface area contributed by atoms with Gasteiger partial charge in [0.15, 0.2) is 6.10 Å². The highest BCUT2D eigenvalue weighted by Crippen LogP contribution is 2.19. The summed E-state index contributed by atoms with van der Waals surface area (Å²) in [5.74, 6) is -1.14. The molecule has 0 bridgehead atoms. The Morgan fingerprint density at radius 3 is 2.22 bits per heavy atom. The fourth-order valence-electron chi connectivity index (χ4n) is 1.96. The molecule has 2 N–H and O–H groups in total. The Bertz CT molecular complexity index is 543. The maximum absolute atomic E-state index is 11.9. The summed E-state index contributed by atoms with van der Waals surface area (Å²) in [6.45, 7) is 6.90. The number of esters is 1. The third-order valence-electron chi connectivity index (χ3n) is 3.18. The van der Waals surface area contributed by atoms with Crippen molar-refractivity contribution in [1.29, 1.82) is 0 Å². The van der Waals surface area contributed by atoms with E-state index in [1.165, 1.54) is 6.92 Å². The highest BCUT2D eigenvalue weighted by molar-refractivity contribution is 5.97. The third kappa shape index (κ3) is 6.95. The summed E-state index contributed by atoms with van der Waals surface area (Å²) in [7, 11) is 0. The van der Waals surface area contributed by atoms with Crippen LogP contribution in [0.2, 0.25) is 0 Å². The summed E-state index contributed by atoms with van der Waals surface area (Å²) in [4.78, 5) is 35.1. The van der Waals surface area contributed by atoms with Crippen molar-refractivity contribution in [1.82, 2.24) is 10.6 Å². The van der Waals surface area contributed by atoms with Crippen LogP contribution in [0.3, 0.4) is 0 Å². The van der Waals surface area contributed by atoms with Gasteiger partial charge in [-0.25, -0.2) is 4.79 Å². The Balaban J connectivity index is 2.44. The number of carbonyl (C=O) groups is 3. The SMILES string of the molecule is CC(C)NC(=O)NC(=O)[C@@H](C)OC(=O)C[C@@H](C)c1ccccc1. The number of carbonyl (C=O) groups excluding carboxylic acids is 3. The standard InChI is InChI=1S/C17H24N2O4/c1-11(2)18-17(22)19-16(21)13(4)23-15(20)10-12(3)14-8-6-5-7-9-14/h5-9,11-13H,10H2,1-4H3,(H2,18,19,21,22)/t12-,13-/m1/s1. The molecular formula is C17H24N2O4. The number of rotatable bonds is 6. The van der Waals surface area contributed by atoms with Crippen molar-refractivity contribution >= 4 is 17.9 Å². The summed E-state index contributed by atoms with van der Waals surface area (Å²) in [6, 6.07) is 8.89. The minimum Gasteiger partial charge on any atom is -0.453 e. The van der Waals surface area contributed by atoms with Crippen LogP contribution in [0.4, 0.5) is 4.79 Å². The van der Waals surface area contributed by atoms with Crippen molar-refractivity contribution in [3.05, 3.63) is 35.9 Å². The average molecular weight is 320 g/mol. The molecule has 0 unspecified atom stereocenters. The zero-order chi connectivity index (χ0) is 17.4. The zero-order valence-corrected chi connectivity index (χ0v) is 14.0. The summed E-state index contributed by atoms with van der Waals surface area (Å²) in [6.07, 6.45) is -0.858. The molecule has 0 aromatic heterocycles. The second-order valence-electron chi connectivity index (χ2n) is 5.77. The van der Waals surface area contributed by atoms with E-state index in [2.05, 4.69) is 10.6 Å². The van der Waals surface area contributed by atoms with Crippen LogP contribution in [0.15, 0.2) is 30.3 Å². The van der Waals surface area contributed by atoms with Gasteiger partial charge in [0, 0.05) is 6.04 Å². The molecule has 0 fully saturated rings. The molecular weight excluding hydrogens is 296 g/mol. The average Bonchev–Trinajstić information content (AvgIpc) is 2.46. The van der Waals surface area contributed by atoms with Gasteiger partial charge in [-0.1, -0.05) is 37.3 Å². The zero-order valence-electron chi connectivity index (χ0n) is 14.0. The highest BCUT2D eigenvalue weighted by Gasteiger charge is 2.21. The first-order chi connectivity index (χ1) is 10.8. The van der Waals surface area contributed by atoms with Gasteiger partial charge in [-0.2, -0.15) is 0 Å². The van der Waals surface area contributed by atoms with E-state index in [0.717, 1.165) is 5.56 Å². The molecule has 0 radical (unpaired) electrons. The number of nitrogens with one attached hydrogen (secondary N) is 2. The van der Waals surface area contributed by atoms with Gasteiger partial charge in [0.1, 0.15) is 0 Å². The van der Waals surface area contributed by atoms with E-state index in [9.17, 15) is 14.4 Å². The second kappa shape index (κ2) is 8.92. The van der Waals surface area contributed by atoms with Crippen LogP contribution in [0.5, 0.6) is 0 Å². The van der Waals surface area contributed by atoms with E-state index in [-0.39, 0.29) is 18.4 Å². The number of urea groups is 1. The number of amides is 3. The number of ether oxygens (including phenoxy) is 1. The summed E-state index contributed by atoms with van der Waals surface area (Å²) in [5.41, 5.74) is 1.03. The van der Waals surface area contributed by atoms with Crippen molar-refractivity contribution in [2.45, 2.75) is 52.2 Å². The van der Waals surface area contributed by atoms with Gasteiger partial charge in [0.2, 0.25) is 0 Å². The highest BCUT2D eigenvalue weighted by atomic mass is 16.5. The molecule has 6 nitrogen and oxygen atoms in total. The van der Waals surface area contributed by atoms with Crippen molar-refractivity contribution in [3.8, 4) is 0 Å². The van der Waals surface area contributed by atoms with Gasteiger partial charge in [-0.15, -0.1) is 0 Å². The number of hydrogen-bond donors (Lipinski definition) is 2. The third-order valence-corrected chi connectivity index (χ3v) is 3.18. The Hall–Kier alpha value is -2.37. The molecule has 0 aliphatic carbocycles. The first kappa shape index (κ1) is 18.7. The minimum atomic E-state index is -1.02. The Morgan fingerprint density at radius 2 is 1.65 bits per heavy atom. The first-order valence-electron chi connectivity index (χ1n) is 7.65. The van der Waals surface area contributed by atoms with E-state index >= 15 is 0 Å². The van der Waals surface area contributed by atoms with E-state index in [1.54, 1.807) is 13.8 Å². The minimum absolute atomic E-state index is 0.0109. The molecule has 0 heterocycles. The van der Waals surface area contributed by atoms with Crippen molar-refractivity contribution in [2.75, 3.05) is 0 Å². The van der Waals surface area contributed by atoms with Crippen LogP contribution in [-0.2, 0) is 14.3 Å². The predicted octanol–water partition coefficient (Wildman–Crippen LogP) is 2.35. The molecule has 1 rings (SSSR count). The molecule has 3 amide bonds. The lowest BCUT2D eigenvalue weighted by atomic mass is 9.98. The smallest absolute Gasteiger partial charge is 0.321 e. The molecule has 0 saturated heterocycles. The molecule has 1 aromatic rings. The maximum Gasteiger partial charge on any atom is 0.321 e. The lowest BCUT2D eigenvalue weighted by Gasteiger charge is -2.16. The second-order valence-corrected chi connectivity index (χ2v) is 5.77. The van der Waals surface area contributed by atoms with Gasteiger partial charge in [-0.3, -0.25) is 14.9 Å².